The summed E-state index contributed by atoms with van der Waals surface area (Å²) in [6.45, 7) is 1.85. The first-order chi connectivity index (χ1) is 7.47. The molecule has 16 heavy (non-hydrogen) atoms. The summed E-state index contributed by atoms with van der Waals surface area (Å²) in [5.41, 5.74) is 0.529. The number of aryl methyl sites for hydroxylation is 1. The van der Waals surface area contributed by atoms with E-state index in [0.717, 1.165) is 17.8 Å². The first-order valence-corrected chi connectivity index (χ1v) is 4.52. The lowest BCUT2D eigenvalue weighted by Gasteiger charge is -2.06. The highest BCUT2D eigenvalue weighted by atomic mass is 19.4. The third-order valence-corrected chi connectivity index (χ3v) is 2.01. The molecule has 0 N–H and O–H groups in total. The third-order valence-electron chi connectivity index (χ3n) is 2.01. The van der Waals surface area contributed by atoms with Crippen LogP contribution in [0.5, 0.6) is 0 Å². The van der Waals surface area contributed by atoms with Crippen molar-refractivity contribution in [3.05, 3.63) is 42.0 Å². The van der Waals surface area contributed by atoms with E-state index in [-0.39, 0.29) is 0 Å². The largest absolute Gasteiger partial charge is 0.433 e. The molecule has 0 bridgehead atoms. The molecule has 0 aromatic carbocycles. The second-order valence-electron chi connectivity index (χ2n) is 3.36. The fourth-order valence-electron chi connectivity index (χ4n) is 1.24. The van der Waals surface area contributed by atoms with Crippen LogP contribution in [-0.2, 0) is 6.18 Å². The van der Waals surface area contributed by atoms with Gasteiger partial charge in [-0.05, 0) is 24.6 Å². The van der Waals surface area contributed by atoms with Crippen LogP contribution in [0.3, 0.4) is 0 Å². The van der Waals surface area contributed by atoms with Crippen LogP contribution in [0, 0.1) is 6.92 Å². The van der Waals surface area contributed by atoms with Crippen LogP contribution in [0.15, 0.2) is 30.7 Å². The van der Waals surface area contributed by atoms with Gasteiger partial charge < -0.3 is 0 Å². The van der Waals surface area contributed by atoms with Crippen molar-refractivity contribution in [3.63, 3.8) is 0 Å². The first-order valence-electron chi connectivity index (χ1n) is 4.52. The average molecular weight is 227 g/mol. The molecular weight excluding hydrogens is 219 g/mol. The lowest BCUT2D eigenvalue weighted by molar-refractivity contribution is -0.141. The molecule has 2 rings (SSSR count). The van der Waals surface area contributed by atoms with Crippen molar-refractivity contribution < 1.29 is 13.2 Å². The summed E-state index contributed by atoms with van der Waals surface area (Å²) >= 11 is 0. The van der Waals surface area contributed by atoms with Gasteiger partial charge in [-0.1, -0.05) is 0 Å². The maximum absolute atomic E-state index is 12.2. The molecule has 0 saturated heterocycles. The highest BCUT2D eigenvalue weighted by Gasteiger charge is 2.32. The van der Waals surface area contributed by atoms with Crippen LogP contribution in [0.1, 0.15) is 11.3 Å². The molecule has 2 heterocycles. The quantitative estimate of drug-likeness (QED) is 0.749. The van der Waals surface area contributed by atoms with Crippen molar-refractivity contribution in [3.8, 4) is 5.69 Å². The maximum atomic E-state index is 12.2. The number of pyridine rings is 1. The van der Waals surface area contributed by atoms with E-state index < -0.39 is 11.9 Å². The molecule has 0 saturated carbocycles. The van der Waals surface area contributed by atoms with Crippen LogP contribution in [-0.4, -0.2) is 14.8 Å². The number of aromatic nitrogens is 3. The summed E-state index contributed by atoms with van der Waals surface area (Å²) in [5.74, 6) is 0. The molecule has 6 heteroatoms. The SMILES string of the molecule is Cc1cnn(-c2ccc(C(F)(F)F)nc2)c1. The molecule has 0 fully saturated rings. The fourth-order valence-corrected chi connectivity index (χ4v) is 1.24. The number of alkyl halides is 3. The first kappa shape index (κ1) is 10.7. The molecule has 0 atom stereocenters. The molecule has 0 aliphatic heterocycles. The van der Waals surface area contributed by atoms with Gasteiger partial charge in [0.05, 0.1) is 18.1 Å². The number of rotatable bonds is 1. The van der Waals surface area contributed by atoms with Gasteiger partial charge in [0.1, 0.15) is 5.69 Å². The Hall–Kier alpha value is -1.85. The minimum absolute atomic E-state index is 0.501. The predicted molar refractivity (Wildman–Crippen MR) is 51.1 cm³/mol. The lowest BCUT2D eigenvalue weighted by Crippen LogP contribution is -2.08. The zero-order valence-corrected chi connectivity index (χ0v) is 8.36. The Morgan fingerprint density at radius 2 is 1.94 bits per heavy atom. The van der Waals surface area contributed by atoms with Crippen LogP contribution in [0.2, 0.25) is 0 Å². The minimum atomic E-state index is -4.40. The normalized spacial score (nSPS) is 11.8. The molecule has 3 nitrogen and oxygen atoms in total. The van der Waals surface area contributed by atoms with Crippen molar-refractivity contribution in [2.75, 3.05) is 0 Å². The summed E-state index contributed by atoms with van der Waals surface area (Å²) in [6, 6.07) is 2.27. The van der Waals surface area contributed by atoms with Gasteiger partial charge in [-0.15, -0.1) is 0 Å². The smallest absolute Gasteiger partial charge is 0.250 e. The number of hydrogen-bond donors (Lipinski definition) is 0. The highest BCUT2D eigenvalue weighted by Crippen LogP contribution is 2.27. The van der Waals surface area contributed by atoms with Gasteiger partial charge in [0.25, 0.3) is 0 Å². The minimum Gasteiger partial charge on any atom is -0.250 e. The fraction of sp³-hybridized carbons (Fsp3) is 0.200. The standard InChI is InChI=1S/C10H8F3N3/c1-7-4-15-16(6-7)8-2-3-9(14-5-8)10(11,12)13/h2-6H,1H3. The average Bonchev–Trinajstić information content (AvgIpc) is 2.64. The van der Waals surface area contributed by atoms with Gasteiger partial charge in [-0.3, -0.25) is 0 Å². The van der Waals surface area contributed by atoms with E-state index in [1.54, 1.807) is 12.4 Å². The topological polar surface area (TPSA) is 30.7 Å². The van der Waals surface area contributed by atoms with Gasteiger partial charge in [0.2, 0.25) is 0 Å². The van der Waals surface area contributed by atoms with Gasteiger partial charge in [0.15, 0.2) is 0 Å². The van der Waals surface area contributed by atoms with Crippen molar-refractivity contribution in [2.24, 2.45) is 0 Å². The molecule has 84 valence electrons. The van der Waals surface area contributed by atoms with Crippen LogP contribution in [0.25, 0.3) is 5.69 Å². The zero-order valence-electron chi connectivity index (χ0n) is 8.36. The molecule has 2 aromatic heterocycles. The predicted octanol–water partition coefficient (Wildman–Crippen LogP) is 2.59. The molecule has 0 spiro atoms. The second kappa shape index (κ2) is 3.62. The number of hydrogen-bond acceptors (Lipinski definition) is 2. The van der Waals surface area contributed by atoms with Gasteiger partial charge >= 0.3 is 6.18 Å². The molecule has 2 aromatic rings. The van der Waals surface area contributed by atoms with Gasteiger partial charge in [0, 0.05) is 6.20 Å². The van der Waals surface area contributed by atoms with Crippen molar-refractivity contribution in [1.29, 1.82) is 0 Å². The van der Waals surface area contributed by atoms with Crippen molar-refractivity contribution in [2.45, 2.75) is 13.1 Å². The Morgan fingerprint density at radius 3 is 2.38 bits per heavy atom. The molecule has 0 amide bonds. The summed E-state index contributed by atoms with van der Waals surface area (Å²) in [5, 5.41) is 3.97. The van der Waals surface area contributed by atoms with Crippen LogP contribution < -0.4 is 0 Å². The molecule has 0 aliphatic carbocycles. The third kappa shape index (κ3) is 2.05. The van der Waals surface area contributed by atoms with Gasteiger partial charge in [-0.25, -0.2) is 9.67 Å². The molecule has 0 radical (unpaired) electrons. The van der Waals surface area contributed by atoms with E-state index >= 15 is 0 Å². The summed E-state index contributed by atoms with van der Waals surface area (Å²) in [4.78, 5) is 3.35. The monoisotopic (exact) mass is 227 g/mol. The summed E-state index contributed by atoms with van der Waals surface area (Å²) < 4.78 is 38.2. The van der Waals surface area contributed by atoms with E-state index in [1.165, 1.54) is 10.7 Å². The molecule has 0 unspecified atom stereocenters. The van der Waals surface area contributed by atoms with Gasteiger partial charge in [-0.2, -0.15) is 18.3 Å². The van der Waals surface area contributed by atoms with E-state index in [4.69, 9.17) is 0 Å². The zero-order chi connectivity index (χ0) is 11.8. The summed E-state index contributed by atoms with van der Waals surface area (Å²) in [6.07, 6.45) is 0.0791. The van der Waals surface area contributed by atoms with Crippen LogP contribution >= 0.6 is 0 Å². The Bertz CT molecular complexity index is 485. The van der Waals surface area contributed by atoms with Crippen molar-refractivity contribution >= 4 is 0 Å². The van der Waals surface area contributed by atoms with E-state index in [2.05, 4.69) is 10.1 Å². The summed E-state index contributed by atoms with van der Waals surface area (Å²) in [7, 11) is 0. The Labute approximate surface area is 89.5 Å². The maximum Gasteiger partial charge on any atom is 0.433 e. The Morgan fingerprint density at radius 1 is 1.19 bits per heavy atom. The lowest BCUT2D eigenvalue weighted by atomic mass is 10.3. The number of halogens is 3. The molecule has 0 aliphatic rings. The van der Waals surface area contributed by atoms with E-state index in [1.807, 2.05) is 6.92 Å². The molecular formula is C10H8F3N3. The number of nitrogens with zero attached hydrogens (tertiary/aromatic N) is 3. The Kier molecular flexibility index (Phi) is 2.41. The van der Waals surface area contributed by atoms with Crippen LogP contribution in [0.4, 0.5) is 13.2 Å². The Balaban J connectivity index is 2.33. The van der Waals surface area contributed by atoms with E-state index in [9.17, 15) is 13.2 Å². The van der Waals surface area contributed by atoms with E-state index in [0.29, 0.717) is 5.69 Å². The van der Waals surface area contributed by atoms with Crippen molar-refractivity contribution in [1.82, 2.24) is 14.8 Å². The second-order valence-corrected chi connectivity index (χ2v) is 3.36. The highest BCUT2D eigenvalue weighted by molar-refractivity contribution is 5.29.